The van der Waals surface area contributed by atoms with Gasteiger partial charge in [0.15, 0.2) is 0 Å². The van der Waals surface area contributed by atoms with E-state index in [4.69, 9.17) is 4.74 Å². The molecule has 0 spiro atoms. The number of ether oxygens (including phenoxy) is 1. The van der Waals surface area contributed by atoms with Crippen LogP contribution in [-0.2, 0) is 22.8 Å². The molecule has 2 aromatic heterocycles. The second-order valence-corrected chi connectivity index (χ2v) is 16.4. The standard InChI is InChI=1S/C25H33F3N6O2Si/c1-37(2,3)12-11-36-17-34-23-10-9-20(13-21(23)31-32-34)33(24(35)25(26,27)28)16-19-14-30-22(15-29-19)18-7-5-4-6-8-18/h9-10,13-15,18H,4-8,11-12,16-17H2,1-3H3. The zero-order chi connectivity index (χ0) is 26.6. The van der Waals surface area contributed by atoms with Crippen molar-refractivity contribution in [3.63, 3.8) is 0 Å². The van der Waals surface area contributed by atoms with Gasteiger partial charge in [-0.25, -0.2) is 4.68 Å². The number of aromatic nitrogens is 5. The number of amides is 1. The molecule has 0 saturated heterocycles. The highest BCUT2D eigenvalue weighted by molar-refractivity contribution is 6.76. The number of anilines is 1. The summed E-state index contributed by atoms with van der Waals surface area (Å²) in [7, 11) is -1.23. The van der Waals surface area contributed by atoms with Gasteiger partial charge in [0.25, 0.3) is 0 Å². The minimum absolute atomic E-state index is 0.0553. The van der Waals surface area contributed by atoms with Crippen LogP contribution in [0.25, 0.3) is 11.0 Å². The van der Waals surface area contributed by atoms with Crippen LogP contribution in [0.2, 0.25) is 25.7 Å². The third-order valence-electron chi connectivity index (χ3n) is 6.58. The molecule has 1 saturated carbocycles. The molecule has 12 heteroatoms. The first-order valence-electron chi connectivity index (χ1n) is 12.6. The predicted octanol–water partition coefficient (Wildman–Crippen LogP) is 5.68. The maximum absolute atomic E-state index is 13.5. The molecule has 0 N–H and O–H groups in total. The molecule has 1 fully saturated rings. The summed E-state index contributed by atoms with van der Waals surface area (Å²) in [6.45, 7) is 7.20. The van der Waals surface area contributed by atoms with Crippen LogP contribution >= 0.6 is 0 Å². The average molecular weight is 535 g/mol. The number of carbonyl (C=O) groups is 1. The van der Waals surface area contributed by atoms with Gasteiger partial charge in [-0.3, -0.25) is 19.7 Å². The van der Waals surface area contributed by atoms with Gasteiger partial charge in [0.2, 0.25) is 0 Å². The Morgan fingerprint density at radius 1 is 1.14 bits per heavy atom. The van der Waals surface area contributed by atoms with Crippen molar-refractivity contribution in [2.24, 2.45) is 0 Å². The van der Waals surface area contributed by atoms with Crippen molar-refractivity contribution in [3.8, 4) is 0 Å². The number of hydrogen-bond donors (Lipinski definition) is 0. The van der Waals surface area contributed by atoms with E-state index in [1.54, 1.807) is 16.9 Å². The van der Waals surface area contributed by atoms with E-state index in [0.717, 1.165) is 37.4 Å². The summed E-state index contributed by atoms with van der Waals surface area (Å²) in [6, 6.07) is 5.48. The highest BCUT2D eigenvalue weighted by Crippen LogP contribution is 2.31. The van der Waals surface area contributed by atoms with Crippen molar-refractivity contribution in [2.75, 3.05) is 11.5 Å². The van der Waals surface area contributed by atoms with E-state index in [1.165, 1.54) is 24.8 Å². The maximum Gasteiger partial charge on any atom is 0.471 e. The van der Waals surface area contributed by atoms with Gasteiger partial charge in [0.05, 0.1) is 29.6 Å². The largest absolute Gasteiger partial charge is 0.471 e. The lowest BCUT2D eigenvalue weighted by Gasteiger charge is -2.24. The molecule has 0 unspecified atom stereocenters. The van der Waals surface area contributed by atoms with Crippen LogP contribution in [-0.4, -0.2) is 51.7 Å². The molecular weight excluding hydrogens is 501 g/mol. The Hall–Kier alpha value is -2.86. The van der Waals surface area contributed by atoms with Gasteiger partial charge < -0.3 is 4.74 Å². The van der Waals surface area contributed by atoms with Crippen LogP contribution in [0.15, 0.2) is 30.6 Å². The molecular formula is C25H33F3N6O2Si. The molecule has 1 aliphatic rings. The Kier molecular flexibility index (Phi) is 8.27. The predicted molar refractivity (Wildman–Crippen MR) is 137 cm³/mol. The zero-order valence-electron chi connectivity index (χ0n) is 21.5. The van der Waals surface area contributed by atoms with Gasteiger partial charge >= 0.3 is 12.1 Å². The lowest BCUT2D eigenvalue weighted by molar-refractivity contribution is -0.170. The number of alkyl halides is 3. The third-order valence-corrected chi connectivity index (χ3v) is 8.28. The highest BCUT2D eigenvalue weighted by Gasteiger charge is 2.43. The number of hydrogen-bond acceptors (Lipinski definition) is 6. The smallest absolute Gasteiger partial charge is 0.359 e. The number of rotatable bonds is 9. The van der Waals surface area contributed by atoms with Crippen molar-refractivity contribution in [1.82, 2.24) is 25.0 Å². The second kappa shape index (κ2) is 11.3. The van der Waals surface area contributed by atoms with Crippen LogP contribution in [0.3, 0.4) is 0 Å². The SMILES string of the molecule is C[Si](C)(C)CCOCn1nnc2cc(N(Cc3cnc(C4CCCCC4)cn3)C(=O)C(F)(F)F)ccc21. The number of fused-ring (bicyclic) bond motifs is 1. The fourth-order valence-electron chi connectivity index (χ4n) is 4.40. The van der Waals surface area contributed by atoms with Crippen LogP contribution < -0.4 is 4.90 Å². The van der Waals surface area contributed by atoms with E-state index < -0.39 is 20.2 Å². The molecule has 1 aliphatic carbocycles. The molecule has 200 valence electrons. The van der Waals surface area contributed by atoms with Gasteiger partial charge in [-0.2, -0.15) is 13.2 Å². The second-order valence-electron chi connectivity index (χ2n) is 10.8. The third kappa shape index (κ3) is 7.13. The van der Waals surface area contributed by atoms with Gasteiger partial charge in [-0.05, 0) is 37.1 Å². The summed E-state index contributed by atoms with van der Waals surface area (Å²) in [4.78, 5) is 21.8. The Bertz CT molecular complexity index is 1200. The van der Waals surface area contributed by atoms with E-state index in [2.05, 4.69) is 39.9 Å². The first kappa shape index (κ1) is 27.2. The van der Waals surface area contributed by atoms with Gasteiger partial charge in [-0.1, -0.05) is 44.1 Å². The van der Waals surface area contributed by atoms with Crippen molar-refractivity contribution >= 4 is 30.7 Å². The van der Waals surface area contributed by atoms with Gasteiger partial charge in [-0.15, -0.1) is 5.10 Å². The average Bonchev–Trinajstić information content (AvgIpc) is 3.27. The number of nitrogens with zero attached hydrogens (tertiary/aromatic N) is 6. The summed E-state index contributed by atoms with van der Waals surface area (Å²) in [5.41, 5.74) is 2.15. The first-order chi connectivity index (χ1) is 17.5. The lowest BCUT2D eigenvalue weighted by Crippen LogP contribution is -2.41. The fraction of sp³-hybridized carbons (Fsp3) is 0.560. The van der Waals surface area contributed by atoms with E-state index in [1.807, 2.05) is 0 Å². The molecule has 3 aromatic rings. The molecule has 1 amide bonds. The molecule has 0 bridgehead atoms. The van der Waals surface area contributed by atoms with E-state index in [0.29, 0.717) is 28.5 Å². The van der Waals surface area contributed by atoms with Crippen molar-refractivity contribution in [3.05, 3.63) is 42.0 Å². The zero-order valence-corrected chi connectivity index (χ0v) is 22.5. The molecule has 4 rings (SSSR count). The normalized spacial score (nSPS) is 15.3. The van der Waals surface area contributed by atoms with Crippen molar-refractivity contribution < 1.29 is 22.7 Å². The van der Waals surface area contributed by atoms with E-state index in [9.17, 15) is 18.0 Å². The van der Waals surface area contributed by atoms with Crippen LogP contribution in [0.4, 0.5) is 18.9 Å². The first-order valence-corrected chi connectivity index (χ1v) is 16.3. The number of halogens is 3. The fourth-order valence-corrected chi connectivity index (χ4v) is 5.16. The molecule has 37 heavy (non-hydrogen) atoms. The van der Waals surface area contributed by atoms with Crippen LogP contribution in [0, 0.1) is 0 Å². The summed E-state index contributed by atoms with van der Waals surface area (Å²) >= 11 is 0. The van der Waals surface area contributed by atoms with E-state index in [-0.39, 0.29) is 24.7 Å². The summed E-state index contributed by atoms with van der Waals surface area (Å²) in [6.07, 6.45) is 3.60. The Morgan fingerprint density at radius 3 is 2.54 bits per heavy atom. The molecule has 1 aromatic carbocycles. The number of carbonyl (C=O) groups excluding carboxylic acids is 1. The molecule has 2 heterocycles. The van der Waals surface area contributed by atoms with Crippen molar-refractivity contribution in [2.45, 2.75) is 83.2 Å². The van der Waals surface area contributed by atoms with Crippen LogP contribution in [0.1, 0.15) is 49.4 Å². The van der Waals surface area contributed by atoms with Crippen LogP contribution in [0.5, 0.6) is 0 Å². The summed E-state index contributed by atoms with van der Waals surface area (Å²) < 4.78 is 47.8. The van der Waals surface area contributed by atoms with Gasteiger partial charge in [0.1, 0.15) is 12.2 Å². The minimum atomic E-state index is -5.05. The van der Waals surface area contributed by atoms with Crippen molar-refractivity contribution in [1.29, 1.82) is 0 Å². The maximum atomic E-state index is 13.5. The number of benzene rings is 1. The molecule has 0 atom stereocenters. The topological polar surface area (TPSA) is 86.0 Å². The summed E-state index contributed by atoms with van der Waals surface area (Å²) in [5, 5.41) is 8.14. The molecule has 8 nitrogen and oxygen atoms in total. The molecule has 0 aliphatic heterocycles. The van der Waals surface area contributed by atoms with Gasteiger partial charge in [0, 0.05) is 32.5 Å². The minimum Gasteiger partial charge on any atom is -0.359 e. The Balaban J connectivity index is 1.52. The quantitative estimate of drug-likeness (QED) is 0.259. The Morgan fingerprint density at radius 2 is 1.89 bits per heavy atom. The lowest BCUT2D eigenvalue weighted by atomic mass is 9.87. The molecule has 0 radical (unpaired) electrons. The highest BCUT2D eigenvalue weighted by atomic mass is 28.3. The Labute approximate surface area is 215 Å². The monoisotopic (exact) mass is 534 g/mol. The summed E-state index contributed by atoms with van der Waals surface area (Å²) in [5.74, 6) is -1.65. The van der Waals surface area contributed by atoms with E-state index >= 15 is 0 Å².